The zero-order chi connectivity index (χ0) is 17.0. The van der Waals surface area contributed by atoms with Crippen LogP contribution in [0.1, 0.15) is 72.6 Å². The van der Waals surface area contributed by atoms with Gasteiger partial charge in [0, 0.05) is 0 Å². The first-order valence-corrected chi connectivity index (χ1v) is 9.70. The van der Waals surface area contributed by atoms with Gasteiger partial charge in [0.05, 0.1) is 0 Å². The van der Waals surface area contributed by atoms with Crippen molar-refractivity contribution in [2.24, 2.45) is 34.5 Å². The molecule has 3 rings (SSSR count). The molecule has 3 aliphatic rings. The molecule has 0 spiro atoms. The van der Waals surface area contributed by atoms with Gasteiger partial charge in [0.1, 0.15) is 0 Å². The highest BCUT2D eigenvalue weighted by atomic mass is 14.6. The molecule has 0 heterocycles. The zero-order valence-corrected chi connectivity index (χ0v) is 15.9. The van der Waals surface area contributed by atoms with Gasteiger partial charge in [-0.1, -0.05) is 57.2 Å². The first-order chi connectivity index (χ1) is 10.7. The summed E-state index contributed by atoms with van der Waals surface area (Å²) in [5, 5.41) is 0. The number of allylic oxidation sites excluding steroid dienone is 3. The third-order valence-corrected chi connectivity index (χ3v) is 8.38. The average molecular weight is 313 g/mol. The second-order valence-corrected chi connectivity index (χ2v) is 9.54. The highest BCUT2D eigenvalue weighted by Crippen LogP contribution is 2.64. The Bertz CT molecular complexity index is 538. The molecule has 0 nitrogen and oxygen atoms in total. The van der Waals surface area contributed by atoms with E-state index in [1.54, 1.807) is 0 Å². The van der Waals surface area contributed by atoms with Gasteiger partial charge in [0.15, 0.2) is 0 Å². The third kappa shape index (κ3) is 2.48. The van der Waals surface area contributed by atoms with Crippen LogP contribution in [0.5, 0.6) is 0 Å². The van der Waals surface area contributed by atoms with E-state index in [1.807, 2.05) is 0 Å². The van der Waals surface area contributed by atoms with Crippen molar-refractivity contribution >= 4 is 0 Å². The van der Waals surface area contributed by atoms with Crippen molar-refractivity contribution in [1.29, 1.82) is 0 Å². The summed E-state index contributed by atoms with van der Waals surface area (Å²) in [4.78, 5) is 0. The Morgan fingerprint density at radius 3 is 2.35 bits per heavy atom. The first kappa shape index (κ1) is 17.1. The fourth-order valence-corrected chi connectivity index (χ4v) is 6.49. The lowest BCUT2D eigenvalue weighted by Crippen LogP contribution is -2.48. The minimum absolute atomic E-state index is 0.373. The fraction of sp³-hybridized carbons (Fsp3) is 0.739. The van der Waals surface area contributed by atoms with Crippen molar-refractivity contribution in [3.05, 3.63) is 36.5 Å². The molecule has 3 saturated carbocycles. The van der Waals surface area contributed by atoms with E-state index < -0.39 is 0 Å². The van der Waals surface area contributed by atoms with Gasteiger partial charge in [0.2, 0.25) is 0 Å². The number of rotatable bonds is 2. The molecule has 0 aromatic rings. The van der Waals surface area contributed by atoms with Gasteiger partial charge in [-0.15, -0.1) is 0 Å². The molecule has 0 aliphatic heterocycles. The summed E-state index contributed by atoms with van der Waals surface area (Å²) in [6.07, 6.45) is 9.05. The Labute approximate surface area is 144 Å². The molecule has 0 N–H and O–H groups in total. The lowest BCUT2D eigenvalue weighted by molar-refractivity contribution is -0.0328. The smallest absolute Gasteiger partial charge is 0.00848 e. The largest absolute Gasteiger partial charge is 0.0999 e. The molecule has 0 bridgehead atoms. The molecule has 3 fully saturated rings. The zero-order valence-electron chi connectivity index (χ0n) is 15.9. The van der Waals surface area contributed by atoms with Crippen LogP contribution in [0, 0.1) is 34.5 Å². The topological polar surface area (TPSA) is 0 Å². The predicted octanol–water partition coefficient (Wildman–Crippen LogP) is 6.94. The lowest BCUT2D eigenvalue weighted by atomic mass is 9.48. The summed E-state index contributed by atoms with van der Waals surface area (Å²) in [5.74, 6) is 3.02. The second kappa shape index (κ2) is 5.64. The lowest BCUT2D eigenvalue weighted by Gasteiger charge is -2.56. The third-order valence-electron chi connectivity index (χ3n) is 8.38. The van der Waals surface area contributed by atoms with E-state index in [2.05, 4.69) is 47.4 Å². The van der Waals surface area contributed by atoms with Crippen LogP contribution in [0.2, 0.25) is 0 Å². The van der Waals surface area contributed by atoms with Gasteiger partial charge in [-0.25, -0.2) is 0 Å². The summed E-state index contributed by atoms with van der Waals surface area (Å²) in [7, 11) is 0. The highest BCUT2D eigenvalue weighted by molar-refractivity contribution is 5.24. The van der Waals surface area contributed by atoms with Gasteiger partial charge in [0.25, 0.3) is 0 Å². The number of hydrogen-bond acceptors (Lipinski definition) is 0. The summed E-state index contributed by atoms with van der Waals surface area (Å²) in [5.41, 5.74) is 5.24. The summed E-state index contributed by atoms with van der Waals surface area (Å²) in [6.45, 7) is 23.0. The molecule has 128 valence electrons. The summed E-state index contributed by atoms with van der Waals surface area (Å²) < 4.78 is 0. The summed E-state index contributed by atoms with van der Waals surface area (Å²) in [6, 6.07) is 0. The Morgan fingerprint density at radius 2 is 1.74 bits per heavy atom. The second-order valence-electron chi connectivity index (χ2n) is 9.54. The molecule has 0 aromatic carbocycles. The van der Waals surface area contributed by atoms with E-state index in [0.29, 0.717) is 16.7 Å². The van der Waals surface area contributed by atoms with Crippen molar-refractivity contribution in [1.82, 2.24) is 0 Å². The van der Waals surface area contributed by atoms with Crippen LogP contribution < -0.4 is 0 Å². The van der Waals surface area contributed by atoms with Gasteiger partial charge in [-0.05, 0) is 86.4 Å². The maximum absolute atomic E-state index is 4.46. The maximum Gasteiger partial charge on any atom is -0.00848 e. The van der Waals surface area contributed by atoms with Crippen LogP contribution in [0.3, 0.4) is 0 Å². The molecule has 23 heavy (non-hydrogen) atoms. The quantitative estimate of drug-likeness (QED) is 0.484. The van der Waals surface area contributed by atoms with Crippen molar-refractivity contribution in [2.75, 3.05) is 0 Å². The predicted molar refractivity (Wildman–Crippen MR) is 101 cm³/mol. The Hall–Kier alpha value is -0.780. The Kier molecular flexibility index (Phi) is 4.18. The highest BCUT2D eigenvalue weighted by Gasteiger charge is 2.55. The van der Waals surface area contributed by atoms with Gasteiger partial charge in [-0.3, -0.25) is 0 Å². The average Bonchev–Trinajstić information content (AvgIpc) is 2.78. The van der Waals surface area contributed by atoms with Crippen molar-refractivity contribution in [3.8, 4) is 0 Å². The summed E-state index contributed by atoms with van der Waals surface area (Å²) >= 11 is 0. The normalized spacial score (nSPS) is 47.5. The molecule has 3 aliphatic carbocycles. The van der Waals surface area contributed by atoms with Crippen LogP contribution in [0.25, 0.3) is 0 Å². The molecule has 6 atom stereocenters. The number of hydrogen-bond donors (Lipinski definition) is 0. The number of fused-ring (bicyclic) bond motifs is 1. The van der Waals surface area contributed by atoms with Gasteiger partial charge >= 0.3 is 0 Å². The van der Waals surface area contributed by atoms with Crippen LogP contribution >= 0.6 is 0 Å². The molecule has 6 unspecified atom stereocenters. The van der Waals surface area contributed by atoms with Crippen LogP contribution in [0.4, 0.5) is 0 Å². The van der Waals surface area contributed by atoms with E-state index in [4.69, 9.17) is 0 Å². The van der Waals surface area contributed by atoms with Crippen molar-refractivity contribution in [3.63, 3.8) is 0 Å². The van der Waals surface area contributed by atoms with E-state index >= 15 is 0 Å². The molecule has 0 aromatic heterocycles. The molecule has 0 radical (unpaired) electrons. The van der Waals surface area contributed by atoms with E-state index in [-0.39, 0.29) is 0 Å². The standard InChI is InChI=1S/C23H36/c1-15(2)21-19-9-8-17(4)22(19,6)13-11-20(21)23(7)12-10-16(3)14-18(23)5/h18-21H,1,3-4,8-14H2,2,5-7H3. The van der Waals surface area contributed by atoms with E-state index in [1.165, 1.54) is 61.7 Å². The monoisotopic (exact) mass is 312 g/mol. The van der Waals surface area contributed by atoms with Crippen molar-refractivity contribution < 1.29 is 0 Å². The first-order valence-electron chi connectivity index (χ1n) is 9.70. The van der Waals surface area contributed by atoms with E-state index in [0.717, 1.165) is 17.8 Å². The van der Waals surface area contributed by atoms with Crippen LogP contribution in [-0.4, -0.2) is 0 Å². The van der Waals surface area contributed by atoms with Gasteiger partial charge in [-0.2, -0.15) is 0 Å². The maximum atomic E-state index is 4.46. The minimum atomic E-state index is 0.373. The van der Waals surface area contributed by atoms with Crippen molar-refractivity contribution in [2.45, 2.75) is 72.6 Å². The Balaban J connectivity index is 1.95. The molecular formula is C23H36. The Morgan fingerprint density at radius 1 is 1.04 bits per heavy atom. The molecule has 0 saturated heterocycles. The molecular weight excluding hydrogens is 276 g/mol. The van der Waals surface area contributed by atoms with Gasteiger partial charge < -0.3 is 0 Å². The molecule has 0 amide bonds. The van der Waals surface area contributed by atoms with Crippen LogP contribution in [-0.2, 0) is 0 Å². The minimum Gasteiger partial charge on any atom is -0.0999 e. The van der Waals surface area contributed by atoms with E-state index in [9.17, 15) is 0 Å². The SMILES string of the molecule is C=C1CCC(C)(C2CCC3(C)C(=C)CCC3C2C(=C)C)C(C)C1. The van der Waals surface area contributed by atoms with Crippen LogP contribution in [0.15, 0.2) is 36.5 Å². The fourth-order valence-electron chi connectivity index (χ4n) is 6.49. The molecule has 0 heteroatoms.